The van der Waals surface area contributed by atoms with Crippen LogP contribution in [0, 0.1) is 11.8 Å². The maximum atomic E-state index is 12.2. The number of rotatable bonds is 7. The number of nitrogens with zero attached hydrogens (tertiary/aromatic N) is 2. The largest absolute Gasteiger partial charge is 0.415 e. The highest BCUT2D eigenvalue weighted by molar-refractivity contribution is 6.18. The molecule has 22 heavy (non-hydrogen) atoms. The van der Waals surface area contributed by atoms with Crippen LogP contribution in [0.4, 0.5) is 10.5 Å². The summed E-state index contributed by atoms with van der Waals surface area (Å²) in [7, 11) is 0. The topological polar surface area (TPSA) is 59.0 Å². The Balaban J connectivity index is 3.07. The van der Waals surface area contributed by atoms with Gasteiger partial charge in [0.15, 0.2) is 0 Å². The fraction of sp³-hybridized carbons (Fsp3) is 0.533. The SMILES string of the molecule is Cc1cc(OC(=O)N(CCCl)CCCl)c(C(C)C)cc1N=O. The van der Waals surface area contributed by atoms with Crippen molar-refractivity contribution in [2.75, 3.05) is 24.8 Å². The monoisotopic (exact) mass is 346 g/mol. The lowest BCUT2D eigenvalue weighted by molar-refractivity contribution is 0.157. The van der Waals surface area contributed by atoms with Crippen LogP contribution in [0.5, 0.6) is 5.75 Å². The molecule has 0 heterocycles. The van der Waals surface area contributed by atoms with Gasteiger partial charge in [-0.2, -0.15) is 0 Å². The van der Waals surface area contributed by atoms with Gasteiger partial charge in [-0.1, -0.05) is 13.8 Å². The minimum Gasteiger partial charge on any atom is -0.410 e. The molecule has 7 heteroatoms. The molecule has 0 saturated carbocycles. The van der Waals surface area contributed by atoms with Gasteiger partial charge in [-0.15, -0.1) is 28.1 Å². The number of amides is 1. The zero-order chi connectivity index (χ0) is 16.7. The molecule has 0 atom stereocenters. The summed E-state index contributed by atoms with van der Waals surface area (Å²) >= 11 is 11.4. The molecular weight excluding hydrogens is 327 g/mol. The summed E-state index contributed by atoms with van der Waals surface area (Å²) in [6.45, 7) is 6.36. The highest BCUT2D eigenvalue weighted by atomic mass is 35.5. The van der Waals surface area contributed by atoms with Crippen molar-refractivity contribution < 1.29 is 9.53 Å². The van der Waals surface area contributed by atoms with E-state index in [-0.39, 0.29) is 5.92 Å². The molecule has 0 spiro atoms. The van der Waals surface area contributed by atoms with Crippen molar-refractivity contribution in [3.05, 3.63) is 28.2 Å². The van der Waals surface area contributed by atoms with Gasteiger partial charge in [0.1, 0.15) is 11.4 Å². The zero-order valence-corrected chi connectivity index (χ0v) is 14.4. The summed E-state index contributed by atoms with van der Waals surface area (Å²) in [6.07, 6.45) is -0.505. The fourth-order valence-electron chi connectivity index (χ4n) is 1.98. The molecule has 0 radical (unpaired) electrons. The minimum absolute atomic E-state index is 0.0819. The Morgan fingerprint density at radius 1 is 1.27 bits per heavy atom. The molecule has 0 saturated heterocycles. The first-order valence-corrected chi connectivity index (χ1v) is 8.08. The Bertz CT molecular complexity index is 530. The van der Waals surface area contributed by atoms with Crippen molar-refractivity contribution in [1.82, 2.24) is 4.90 Å². The molecule has 122 valence electrons. The molecule has 0 aliphatic carbocycles. The van der Waals surface area contributed by atoms with E-state index >= 15 is 0 Å². The quantitative estimate of drug-likeness (QED) is 0.526. The van der Waals surface area contributed by atoms with Gasteiger partial charge in [0, 0.05) is 24.8 Å². The van der Waals surface area contributed by atoms with Crippen LogP contribution in [0.3, 0.4) is 0 Å². The van der Waals surface area contributed by atoms with E-state index in [4.69, 9.17) is 27.9 Å². The van der Waals surface area contributed by atoms with Crippen molar-refractivity contribution in [3.63, 3.8) is 0 Å². The van der Waals surface area contributed by atoms with E-state index in [1.165, 1.54) is 4.90 Å². The summed E-state index contributed by atoms with van der Waals surface area (Å²) in [5.41, 5.74) is 1.76. The number of ether oxygens (including phenoxy) is 1. The van der Waals surface area contributed by atoms with Crippen LogP contribution in [-0.4, -0.2) is 35.8 Å². The predicted octanol–water partition coefficient (Wildman–Crippen LogP) is 4.79. The highest BCUT2D eigenvalue weighted by Gasteiger charge is 2.19. The molecule has 0 aliphatic heterocycles. The standard InChI is InChI=1S/C15H20Cl2N2O3/c1-10(2)12-9-13(18-21)11(3)8-14(12)22-15(20)19(6-4-16)7-5-17/h8-10H,4-7H2,1-3H3. The van der Waals surface area contributed by atoms with E-state index in [9.17, 15) is 9.70 Å². The third kappa shape index (κ3) is 4.85. The van der Waals surface area contributed by atoms with E-state index in [1.54, 1.807) is 19.1 Å². The lowest BCUT2D eigenvalue weighted by Gasteiger charge is -2.21. The second-order valence-electron chi connectivity index (χ2n) is 5.16. The number of hydrogen-bond donors (Lipinski definition) is 0. The Kier molecular flexibility index (Phi) is 7.62. The Hall–Kier alpha value is -1.33. The van der Waals surface area contributed by atoms with Crippen LogP contribution < -0.4 is 4.74 Å². The molecule has 1 rings (SSSR count). The van der Waals surface area contributed by atoms with Gasteiger partial charge in [-0.25, -0.2) is 4.79 Å². The van der Waals surface area contributed by atoms with E-state index in [0.717, 1.165) is 5.56 Å². The van der Waals surface area contributed by atoms with Crippen molar-refractivity contribution >= 4 is 35.0 Å². The first-order valence-electron chi connectivity index (χ1n) is 7.01. The van der Waals surface area contributed by atoms with Gasteiger partial charge >= 0.3 is 6.09 Å². The van der Waals surface area contributed by atoms with Crippen LogP contribution in [-0.2, 0) is 0 Å². The molecule has 0 bridgehead atoms. The molecule has 0 aromatic heterocycles. The highest BCUT2D eigenvalue weighted by Crippen LogP contribution is 2.33. The number of carbonyl (C=O) groups excluding carboxylic acids is 1. The average Bonchev–Trinajstić information content (AvgIpc) is 2.46. The second-order valence-corrected chi connectivity index (χ2v) is 5.91. The Labute approximate surface area is 140 Å². The van der Waals surface area contributed by atoms with Crippen LogP contribution in [0.15, 0.2) is 17.3 Å². The third-order valence-electron chi connectivity index (χ3n) is 3.21. The smallest absolute Gasteiger partial charge is 0.410 e. The summed E-state index contributed by atoms with van der Waals surface area (Å²) in [5.74, 6) is 1.11. The van der Waals surface area contributed by atoms with Gasteiger partial charge < -0.3 is 9.64 Å². The number of aryl methyl sites for hydroxylation is 1. The number of benzene rings is 1. The lowest BCUT2D eigenvalue weighted by Crippen LogP contribution is -2.36. The van der Waals surface area contributed by atoms with Gasteiger partial charge in [-0.3, -0.25) is 0 Å². The van der Waals surface area contributed by atoms with Crippen molar-refractivity contribution in [2.24, 2.45) is 5.18 Å². The molecule has 1 aromatic rings. The molecular formula is C15H20Cl2N2O3. The average molecular weight is 347 g/mol. The molecule has 5 nitrogen and oxygen atoms in total. The molecule has 0 fully saturated rings. The number of hydrogen-bond acceptors (Lipinski definition) is 4. The number of alkyl halides is 2. The summed E-state index contributed by atoms with van der Waals surface area (Å²) < 4.78 is 5.48. The molecule has 1 aromatic carbocycles. The molecule has 0 unspecified atom stereocenters. The van der Waals surface area contributed by atoms with E-state index in [1.807, 2.05) is 13.8 Å². The van der Waals surface area contributed by atoms with E-state index in [2.05, 4.69) is 5.18 Å². The lowest BCUT2D eigenvalue weighted by atomic mass is 9.99. The van der Waals surface area contributed by atoms with Crippen molar-refractivity contribution in [3.8, 4) is 5.75 Å². The van der Waals surface area contributed by atoms with Crippen molar-refractivity contribution in [2.45, 2.75) is 26.7 Å². The van der Waals surface area contributed by atoms with Gasteiger partial charge in [-0.05, 0) is 41.3 Å². The summed E-state index contributed by atoms with van der Waals surface area (Å²) in [6, 6.07) is 3.31. The molecule has 1 amide bonds. The first-order chi connectivity index (χ1) is 10.4. The second kappa shape index (κ2) is 8.96. The maximum absolute atomic E-state index is 12.2. The number of carbonyl (C=O) groups is 1. The zero-order valence-electron chi connectivity index (χ0n) is 12.9. The van der Waals surface area contributed by atoms with Crippen LogP contribution in [0.2, 0.25) is 0 Å². The molecule has 0 N–H and O–H groups in total. The summed E-state index contributed by atoms with van der Waals surface area (Å²) in [4.78, 5) is 24.5. The number of halogens is 2. The fourth-order valence-corrected chi connectivity index (χ4v) is 2.39. The third-order valence-corrected chi connectivity index (χ3v) is 3.55. The van der Waals surface area contributed by atoms with Crippen LogP contribution in [0.1, 0.15) is 30.9 Å². The van der Waals surface area contributed by atoms with Gasteiger partial charge in [0.05, 0.1) is 0 Å². The van der Waals surface area contributed by atoms with Crippen LogP contribution in [0.25, 0.3) is 0 Å². The maximum Gasteiger partial charge on any atom is 0.415 e. The first kappa shape index (κ1) is 18.7. The molecule has 0 aliphatic rings. The number of nitroso groups, excluding NO2 is 1. The van der Waals surface area contributed by atoms with E-state index in [0.29, 0.717) is 41.8 Å². The Morgan fingerprint density at radius 2 is 1.86 bits per heavy atom. The van der Waals surface area contributed by atoms with Gasteiger partial charge in [0.2, 0.25) is 0 Å². The minimum atomic E-state index is -0.505. The van der Waals surface area contributed by atoms with E-state index < -0.39 is 6.09 Å². The summed E-state index contributed by atoms with van der Waals surface area (Å²) in [5, 5.41) is 2.99. The Morgan fingerprint density at radius 3 is 2.32 bits per heavy atom. The van der Waals surface area contributed by atoms with Gasteiger partial charge in [0.25, 0.3) is 0 Å². The van der Waals surface area contributed by atoms with Crippen LogP contribution >= 0.6 is 23.2 Å². The normalized spacial score (nSPS) is 10.6. The predicted molar refractivity (Wildman–Crippen MR) is 89.8 cm³/mol. The van der Waals surface area contributed by atoms with Crippen molar-refractivity contribution in [1.29, 1.82) is 0 Å².